The molecule has 8 nitrogen and oxygen atoms in total. The van der Waals surface area contributed by atoms with Crippen LogP contribution in [-0.2, 0) is 11.8 Å². The van der Waals surface area contributed by atoms with Crippen LogP contribution in [0.4, 0.5) is 5.82 Å². The minimum Gasteiger partial charge on any atom is -0.488 e. The first kappa shape index (κ1) is 22.2. The molecule has 170 valence electrons. The van der Waals surface area contributed by atoms with Crippen molar-refractivity contribution in [3.8, 4) is 29.1 Å². The van der Waals surface area contributed by atoms with E-state index in [0.717, 1.165) is 5.56 Å². The second-order valence-electron chi connectivity index (χ2n) is 7.57. The third kappa shape index (κ3) is 5.84. The number of carbonyl (C=O) groups excluding carboxylic acids is 1. The average molecular weight is 447 g/mol. The number of benzene rings is 2. The lowest BCUT2D eigenvalue weighted by Crippen LogP contribution is -2.19. The lowest BCUT2D eigenvalue weighted by molar-refractivity contribution is 0.0917. The Hall–Kier alpha value is -3.96. The zero-order valence-corrected chi connectivity index (χ0v) is 18.8. The molecule has 0 saturated heterocycles. The molecule has 1 aromatic heterocycles. The Bertz CT molecular complexity index is 1210. The van der Waals surface area contributed by atoms with Crippen LogP contribution in [0.2, 0.25) is 0 Å². The lowest BCUT2D eigenvalue weighted by atomic mass is 10.1. The summed E-state index contributed by atoms with van der Waals surface area (Å²) in [6.07, 6.45) is 1.56. The van der Waals surface area contributed by atoms with Crippen molar-refractivity contribution in [2.24, 2.45) is 7.05 Å². The van der Waals surface area contributed by atoms with Gasteiger partial charge in [0.05, 0.1) is 6.61 Å². The summed E-state index contributed by atoms with van der Waals surface area (Å²) < 4.78 is 23.9. The van der Waals surface area contributed by atoms with Crippen molar-refractivity contribution in [2.75, 3.05) is 32.2 Å². The van der Waals surface area contributed by atoms with E-state index in [9.17, 15) is 4.79 Å². The Kier molecular flexibility index (Phi) is 6.81. The Labute approximate surface area is 192 Å². The molecule has 0 bridgehead atoms. The summed E-state index contributed by atoms with van der Waals surface area (Å²) in [6.45, 7) is 3.36. The Morgan fingerprint density at radius 3 is 2.67 bits per heavy atom. The number of ether oxygens (including phenoxy) is 4. The molecule has 1 atom stereocenters. The van der Waals surface area contributed by atoms with Gasteiger partial charge in [0.15, 0.2) is 17.3 Å². The highest BCUT2D eigenvalue weighted by Gasteiger charge is 2.13. The minimum absolute atomic E-state index is 0.192. The van der Waals surface area contributed by atoms with Crippen LogP contribution < -0.4 is 19.5 Å². The summed E-state index contributed by atoms with van der Waals surface area (Å²) in [6, 6.07) is 12.5. The molecular formula is C25H25N3O5. The molecule has 4 rings (SSSR count). The molecule has 1 amide bonds. The lowest BCUT2D eigenvalue weighted by Gasteiger charge is -2.17. The molecule has 1 aliphatic rings. The number of nitrogens with one attached hydrogen (secondary N) is 1. The van der Waals surface area contributed by atoms with Crippen LogP contribution in [0.25, 0.3) is 0 Å². The summed E-state index contributed by atoms with van der Waals surface area (Å²) >= 11 is 0. The quantitative estimate of drug-likeness (QED) is 0.584. The maximum absolute atomic E-state index is 12.9. The van der Waals surface area contributed by atoms with Gasteiger partial charge in [0.25, 0.3) is 5.91 Å². The largest absolute Gasteiger partial charge is 0.488 e. The van der Waals surface area contributed by atoms with Gasteiger partial charge in [-0.1, -0.05) is 11.8 Å². The van der Waals surface area contributed by atoms with Crippen molar-refractivity contribution >= 4 is 11.7 Å². The molecule has 8 heteroatoms. The van der Waals surface area contributed by atoms with Crippen LogP contribution >= 0.6 is 0 Å². The van der Waals surface area contributed by atoms with E-state index in [1.807, 2.05) is 25.1 Å². The molecule has 3 aromatic rings. The van der Waals surface area contributed by atoms with Gasteiger partial charge in [0, 0.05) is 43.1 Å². The third-order valence-corrected chi connectivity index (χ3v) is 4.76. The van der Waals surface area contributed by atoms with Crippen LogP contribution in [-0.4, -0.2) is 48.7 Å². The maximum atomic E-state index is 12.9. The first-order chi connectivity index (χ1) is 16.0. The van der Waals surface area contributed by atoms with Gasteiger partial charge in [0.1, 0.15) is 25.1 Å². The van der Waals surface area contributed by atoms with Gasteiger partial charge in [-0.2, -0.15) is 5.10 Å². The fraction of sp³-hybridized carbons (Fsp3) is 0.280. The topological polar surface area (TPSA) is 83.8 Å². The Balaban J connectivity index is 1.61. The molecule has 0 fully saturated rings. The molecule has 0 radical (unpaired) electrons. The second-order valence-corrected chi connectivity index (χ2v) is 7.57. The third-order valence-electron chi connectivity index (χ3n) is 4.76. The number of methoxy groups -OCH3 is 1. The van der Waals surface area contributed by atoms with E-state index in [4.69, 9.17) is 18.9 Å². The van der Waals surface area contributed by atoms with Gasteiger partial charge < -0.3 is 24.3 Å². The molecule has 1 N–H and O–H groups in total. The fourth-order valence-corrected chi connectivity index (χ4v) is 3.31. The van der Waals surface area contributed by atoms with E-state index in [0.29, 0.717) is 54.0 Å². The predicted molar refractivity (Wildman–Crippen MR) is 123 cm³/mol. The SMILES string of the molecule is COC[C@H](C)Oc1cc(C#Cc2ccc3c(c2)OCCO3)cc(C(=O)Nc2ccn(C)n2)c1. The van der Waals surface area contributed by atoms with E-state index in [2.05, 4.69) is 22.3 Å². The number of nitrogens with zero attached hydrogens (tertiary/aromatic N) is 2. The predicted octanol–water partition coefficient (Wildman–Crippen LogP) is 3.26. The standard InChI is InChI=1S/C25H25N3O5/c1-17(16-30-3)33-21-13-19(5-4-18-6-7-22-23(14-18)32-11-10-31-22)12-20(15-21)25(29)26-24-8-9-28(2)27-24/h6-9,12-15,17H,10-11,16H2,1-3H3,(H,26,27,29)/t17-/m0/s1. The van der Waals surface area contributed by atoms with Gasteiger partial charge in [-0.3, -0.25) is 9.48 Å². The second kappa shape index (κ2) is 10.1. The zero-order chi connectivity index (χ0) is 23.2. The van der Waals surface area contributed by atoms with Crippen LogP contribution in [0.5, 0.6) is 17.2 Å². The monoisotopic (exact) mass is 447 g/mol. The van der Waals surface area contributed by atoms with Gasteiger partial charge in [0.2, 0.25) is 0 Å². The maximum Gasteiger partial charge on any atom is 0.257 e. The van der Waals surface area contributed by atoms with Crippen molar-refractivity contribution in [3.63, 3.8) is 0 Å². The molecule has 0 unspecified atom stereocenters. The van der Waals surface area contributed by atoms with Gasteiger partial charge in [-0.05, 0) is 43.3 Å². The molecule has 0 saturated carbocycles. The molecule has 2 heterocycles. The smallest absolute Gasteiger partial charge is 0.257 e. The molecule has 0 spiro atoms. The summed E-state index contributed by atoms with van der Waals surface area (Å²) in [7, 11) is 3.40. The normalized spacial score (nSPS) is 12.9. The number of fused-ring (bicyclic) bond motifs is 1. The molecule has 33 heavy (non-hydrogen) atoms. The minimum atomic E-state index is -0.305. The average Bonchev–Trinajstić information content (AvgIpc) is 3.22. The number of aryl methyl sites for hydroxylation is 1. The molecule has 0 aliphatic carbocycles. The van der Waals surface area contributed by atoms with Crippen molar-refractivity contribution in [1.29, 1.82) is 0 Å². The Morgan fingerprint density at radius 1 is 1.12 bits per heavy atom. The van der Waals surface area contributed by atoms with E-state index in [1.54, 1.807) is 49.3 Å². The Morgan fingerprint density at radius 2 is 1.91 bits per heavy atom. The molecule has 1 aliphatic heterocycles. The van der Waals surface area contributed by atoms with Gasteiger partial charge in [-0.15, -0.1) is 0 Å². The number of amides is 1. The van der Waals surface area contributed by atoms with Crippen molar-refractivity contribution in [1.82, 2.24) is 9.78 Å². The number of hydrogen-bond donors (Lipinski definition) is 1. The number of rotatable bonds is 6. The fourth-order valence-electron chi connectivity index (χ4n) is 3.31. The highest BCUT2D eigenvalue weighted by molar-refractivity contribution is 6.04. The highest BCUT2D eigenvalue weighted by Crippen LogP contribution is 2.30. The van der Waals surface area contributed by atoms with E-state index in [-0.39, 0.29) is 12.0 Å². The number of carbonyl (C=O) groups is 1. The van der Waals surface area contributed by atoms with E-state index in [1.165, 1.54) is 0 Å². The molecular weight excluding hydrogens is 422 g/mol. The highest BCUT2D eigenvalue weighted by atomic mass is 16.6. The van der Waals surface area contributed by atoms with Crippen molar-refractivity contribution in [2.45, 2.75) is 13.0 Å². The van der Waals surface area contributed by atoms with Gasteiger partial charge in [-0.25, -0.2) is 0 Å². The van der Waals surface area contributed by atoms with E-state index >= 15 is 0 Å². The first-order valence-corrected chi connectivity index (χ1v) is 10.5. The van der Waals surface area contributed by atoms with Crippen LogP contribution in [0.15, 0.2) is 48.7 Å². The summed E-state index contributed by atoms with van der Waals surface area (Å²) in [5.74, 6) is 8.31. The number of anilines is 1. The van der Waals surface area contributed by atoms with Crippen molar-refractivity contribution in [3.05, 3.63) is 65.4 Å². The number of aromatic nitrogens is 2. The summed E-state index contributed by atoms with van der Waals surface area (Å²) in [4.78, 5) is 12.9. The zero-order valence-electron chi connectivity index (χ0n) is 18.8. The van der Waals surface area contributed by atoms with Crippen molar-refractivity contribution < 1.29 is 23.7 Å². The van der Waals surface area contributed by atoms with Crippen LogP contribution in [0.3, 0.4) is 0 Å². The number of hydrogen-bond acceptors (Lipinski definition) is 6. The summed E-state index contributed by atoms with van der Waals surface area (Å²) in [5.41, 5.74) is 1.82. The van der Waals surface area contributed by atoms with Gasteiger partial charge >= 0.3 is 0 Å². The van der Waals surface area contributed by atoms with Crippen LogP contribution in [0.1, 0.15) is 28.4 Å². The van der Waals surface area contributed by atoms with E-state index < -0.39 is 0 Å². The first-order valence-electron chi connectivity index (χ1n) is 10.5. The summed E-state index contributed by atoms with van der Waals surface area (Å²) in [5, 5.41) is 6.98. The van der Waals surface area contributed by atoms with Crippen LogP contribution in [0, 0.1) is 11.8 Å². The molecule has 2 aromatic carbocycles.